The van der Waals surface area contributed by atoms with Gasteiger partial charge in [-0.15, -0.1) is 0 Å². The second kappa shape index (κ2) is 14.7. The van der Waals surface area contributed by atoms with E-state index < -0.39 is 26.3 Å². The molecule has 1 saturated heterocycles. The summed E-state index contributed by atoms with van der Waals surface area (Å²) < 4.78 is 44.8. The molecule has 45 heavy (non-hydrogen) atoms. The van der Waals surface area contributed by atoms with Crippen molar-refractivity contribution >= 4 is 20.2 Å². The molecule has 0 spiro atoms. The molecule has 1 aliphatic rings. The number of anilines is 1. The maximum atomic E-state index is 16.0. The lowest BCUT2D eigenvalue weighted by Gasteiger charge is -2.39. The standard InChI is InChI=1S/C32H46FN5O6Si/c1-20-26(21(2)43-38-20)28-27(33)30(35-17-22-12-14-40-15-13-22)37-29(36-28)23-10-9-11-24(16-23)41-18-25(19-42-31(39)34-6)44-45(7,8)32(3,4)5/h9-11,16,22,25H,12-15,17-19H2,1-8H3,(H,34,39)(H,35,36,37). The molecule has 1 atom stereocenters. The maximum absolute atomic E-state index is 16.0. The van der Waals surface area contributed by atoms with Gasteiger partial charge in [-0.3, -0.25) is 0 Å². The number of halogens is 1. The van der Waals surface area contributed by atoms with Crippen LogP contribution in [0.1, 0.15) is 45.1 Å². The van der Waals surface area contributed by atoms with Crippen molar-refractivity contribution in [1.82, 2.24) is 20.4 Å². The van der Waals surface area contributed by atoms with Crippen LogP contribution in [0.15, 0.2) is 28.8 Å². The van der Waals surface area contributed by atoms with Crippen LogP contribution in [0.5, 0.6) is 5.75 Å². The number of hydrogen-bond acceptors (Lipinski definition) is 10. The van der Waals surface area contributed by atoms with Crippen molar-refractivity contribution in [2.24, 2.45) is 5.92 Å². The average molecular weight is 644 g/mol. The topological polar surface area (TPSA) is 130 Å². The van der Waals surface area contributed by atoms with Crippen LogP contribution >= 0.6 is 0 Å². The van der Waals surface area contributed by atoms with Crippen LogP contribution in [0, 0.1) is 25.6 Å². The van der Waals surface area contributed by atoms with E-state index in [9.17, 15) is 4.79 Å². The van der Waals surface area contributed by atoms with Crippen molar-refractivity contribution in [2.45, 2.75) is 71.7 Å². The molecule has 0 radical (unpaired) electrons. The van der Waals surface area contributed by atoms with Crippen molar-refractivity contribution < 1.29 is 32.3 Å². The summed E-state index contributed by atoms with van der Waals surface area (Å²) in [6, 6.07) is 7.29. The number of carbonyl (C=O) groups excluding carboxylic acids is 1. The van der Waals surface area contributed by atoms with Crippen molar-refractivity contribution in [3.8, 4) is 28.4 Å². The van der Waals surface area contributed by atoms with Gasteiger partial charge in [0.25, 0.3) is 0 Å². The van der Waals surface area contributed by atoms with Crippen LogP contribution < -0.4 is 15.4 Å². The predicted molar refractivity (Wildman–Crippen MR) is 172 cm³/mol. The number of alkyl carbamates (subject to hydrolysis) is 1. The van der Waals surface area contributed by atoms with Crippen molar-refractivity contribution in [3.05, 3.63) is 41.5 Å². The molecule has 3 aromatic rings. The fourth-order valence-electron chi connectivity index (χ4n) is 4.74. The van der Waals surface area contributed by atoms with E-state index >= 15 is 4.39 Å². The lowest BCUT2D eigenvalue weighted by Crippen LogP contribution is -2.47. The van der Waals surface area contributed by atoms with Crippen LogP contribution in [0.3, 0.4) is 0 Å². The number of rotatable bonds is 12. The molecule has 1 aromatic carbocycles. The van der Waals surface area contributed by atoms with Gasteiger partial charge in [0, 0.05) is 32.4 Å². The first-order chi connectivity index (χ1) is 21.3. The quantitative estimate of drug-likeness (QED) is 0.211. The molecule has 0 saturated carbocycles. The summed E-state index contributed by atoms with van der Waals surface area (Å²) in [5.74, 6) is 1.24. The normalized spacial score (nSPS) is 15.0. The molecular formula is C32H46FN5O6Si. The van der Waals surface area contributed by atoms with Gasteiger partial charge in [-0.1, -0.05) is 38.1 Å². The third-order valence-electron chi connectivity index (χ3n) is 8.42. The van der Waals surface area contributed by atoms with Gasteiger partial charge < -0.3 is 33.8 Å². The number of carbonyl (C=O) groups is 1. The fraction of sp³-hybridized carbons (Fsp3) is 0.562. The molecule has 13 heteroatoms. The number of aromatic nitrogens is 3. The summed E-state index contributed by atoms with van der Waals surface area (Å²) in [5, 5.41) is 9.65. The Morgan fingerprint density at radius 3 is 2.53 bits per heavy atom. The molecule has 4 rings (SSSR count). The highest BCUT2D eigenvalue weighted by Crippen LogP contribution is 2.38. The SMILES string of the molecule is CNC(=O)OCC(COc1cccc(-c2nc(NCC3CCOCC3)c(F)c(-c3c(C)noc3C)n2)c1)O[Si](C)(C)C(C)(C)C. The Balaban J connectivity index is 1.61. The van der Waals surface area contributed by atoms with E-state index in [1.807, 2.05) is 18.2 Å². The molecule has 2 N–H and O–H groups in total. The third kappa shape index (κ3) is 8.80. The number of nitrogens with one attached hydrogen (secondary N) is 2. The van der Waals surface area contributed by atoms with Gasteiger partial charge >= 0.3 is 6.09 Å². The zero-order valence-corrected chi connectivity index (χ0v) is 28.6. The van der Waals surface area contributed by atoms with Gasteiger partial charge in [0.1, 0.15) is 36.5 Å². The number of hydrogen-bond donors (Lipinski definition) is 2. The molecule has 1 amide bonds. The summed E-state index contributed by atoms with van der Waals surface area (Å²) in [5.41, 5.74) is 1.79. The van der Waals surface area contributed by atoms with Gasteiger partial charge in [-0.2, -0.15) is 0 Å². The molecule has 2 aromatic heterocycles. The predicted octanol–water partition coefficient (Wildman–Crippen LogP) is 6.52. The molecule has 1 unspecified atom stereocenters. The van der Waals surface area contributed by atoms with Crippen LogP contribution in [0.2, 0.25) is 18.1 Å². The second-order valence-corrected chi connectivity index (χ2v) is 17.6. The van der Waals surface area contributed by atoms with E-state index in [4.69, 9.17) is 23.2 Å². The van der Waals surface area contributed by atoms with E-state index in [0.29, 0.717) is 59.8 Å². The summed E-state index contributed by atoms with van der Waals surface area (Å²) in [4.78, 5) is 21.1. The number of aryl methyl sites for hydroxylation is 2. The first kappa shape index (κ1) is 34.3. The lowest BCUT2D eigenvalue weighted by atomic mass is 10.0. The van der Waals surface area contributed by atoms with Crippen LogP contribution in [-0.4, -0.2) is 75.7 Å². The van der Waals surface area contributed by atoms with Gasteiger partial charge in [0.2, 0.25) is 0 Å². The first-order valence-electron chi connectivity index (χ1n) is 15.4. The summed E-state index contributed by atoms with van der Waals surface area (Å²) in [7, 11) is -0.692. The van der Waals surface area contributed by atoms with Crippen LogP contribution in [-0.2, 0) is 13.9 Å². The Morgan fingerprint density at radius 1 is 1.16 bits per heavy atom. The highest BCUT2D eigenvalue weighted by Gasteiger charge is 2.39. The monoisotopic (exact) mass is 643 g/mol. The van der Waals surface area contributed by atoms with E-state index in [-0.39, 0.29) is 29.8 Å². The zero-order valence-electron chi connectivity index (χ0n) is 27.6. The molecule has 246 valence electrons. The Morgan fingerprint density at radius 2 is 1.89 bits per heavy atom. The molecule has 3 heterocycles. The van der Waals surface area contributed by atoms with Gasteiger partial charge in [0.15, 0.2) is 25.8 Å². The molecule has 1 fully saturated rings. The van der Waals surface area contributed by atoms with Crippen LogP contribution in [0.25, 0.3) is 22.6 Å². The Bertz CT molecular complexity index is 1430. The highest BCUT2D eigenvalue weighted by molar-refractivity contribution is 6.74. The minimum absolute atomic E-state index is 0.0376. The Hall–Kier alpha value is -3.55. The number of amides is 1. The van der Waals surface area contributed by atoms with Gasteiger partial charge in [0.05, 0.1) is 11.3 Å². The summed E-state index contributed by atoms with van der Waals surface area (Å²) in [6.45, 7) is 16.3. The van der Waals surface area contributed by atoms with E-state index in [1.54, 1.807) is 19.9 Å². The second-order valence-electron chi connectivity index (χ2n) is 12.9. The zero-order chi connectivity index (χ0) is 32.8. The smallest absolute Gasteiger partial charge is 0.406 e. The van der Waals surface area contributed by atoms with Crippen molar-refractivity contribution in [2.75, 3.05) is 45.3 Å². The van der Waals surface area contributed by atoms with E-state index in [0.717, 1.165) is 12.8 Å². The summed E-state index contributed by atoms with van der Waals surface area (Å²) >= 11 is 0. The lowest BCUT2D eigenvalue weighted by molar-refractivity contribution is 0.0463. The number of ether oxygens (including phenoxy) is 3. The molecular weight excluding hydrogens is 597 g/mol. The minimum atomic E-state index is -2.20. The number of benzene rings is 1. The van der Waals surface area contributed by atoms with Crippen molar-refractivity contribution in [3.63, 3.8) is 0 Å². The fourth-order valence-corrected chi connectivity index (χ4v) is 6.06. The Kier molecular flexibility index (Phi) is 11.2. The molecule has 11 nitrogen and oxygen atoms in total. The minimum Gasteiger partial charge on any atom is -0.491 e. The summed E-state index contributed by atoms with van der Waals surface area (Å²) in [6.07, 6.45) is 0.777. The van der Waals surface area contributed by atoms with E-state index in [2.05, 4.69) is 59.6 Å². The van der Waals surface area contributed by atoms with Crippen LogP contribution in [0.4, 0.5) is 15.0 Å². The van der Waals surface area contributed by atoms with Gasteiger partial charge in [-0.05, 0) is 62.9 Å². The molecule has 1 aliphatic heterocycles. The Labute approximate surface area is 265 Å². The van der Waals surface area contributed by atoms with E-state index in [1.165, 1.54) is 7.05 Å². The molecule has 0 aliphatic carbocycles. The highest BCUT2D eigenvalue weighted by atomic mass is 28.4. The largest absolute Gasteiger partial charge is 0.491 e. The number of nitrogens with zero attached hydrogens (tertiary/aromatic N) is 3. The third-order valence-corrected chi connectivity index (χ3v) is 13.0. The molecule has 0 bridgehead atoms. The average Bonchev–Trinajstić information content (AvgIpc) is 3.34. The van der Waals surface area contributed by atoms with Gasteiger partial charge in [-0.25, -0.2) is 19.2 Å². The maximum Gasteiger partial charge on any atom is 0.406 e. The van der Waals surface area contributed by atoms with Crippen molar-refractivity contribution in [1.29, 1.82) is 0 Å². The first-order valence-corrected chi connectivity index (χ1v) is 18.3.